The molecule has 0 spiro atoms. The molecular weight excluding hydrogens is 276 g/mol. The summed E-state index contributed by atoms with van der Waals surface area (Å²) >= 11 is 1.65. The number of carbonyl (C=O) groups is 2. The van der Waals surface area contributed by atoms with Crippen molar-refractivity contribution in [1.82, 2.24) is 20.1 Å². The zero-order valence-electron chi connectivity index (χ0n) is 10.3. The molecule has 9 nitrogen and oxygen atoms in total. The van der Waals surface area contributed by atoms with Gasteiger partial charge in [0.25, 0.3) is 0 Å². The van der Waals surface area contributed by atoms with Gasteiger partial charge in [-0.05, 0) is 0 Å². The number of carboxylic acids is 2. The van der Waals surface area contributed by atoms with Crippen molar-refractivity contribution in [2.45, 2.75) is 5.16 Å². The van der Waals surface area contributed by atoms with Crippen LogP contribution in [0.2, 0.25) is 0 Å². The highest BCUT2D eigenvalue weighted by Gasteiger charge is 2.04. The molecule has 0 aromatic carbocycles. The summed E-state index contributed by atoms with van der Waals surface area (Å²) < 4.78 is 1.89. The average Bonchev–Trinajstić information content (AvgIpc) is 2.75. The minimum atomic E-state index is -1.82. The Hall–Kier alpha value is -1.65. The van der Waals surface area contributed by atoms with Gasteiger partial charge in [-0.3, -0.25) is 0 Å². The molecule has 0 atom stereocenters. The van der Waals surface area contributed by atoms with Gasteiger partial charge in [0.05, 0.1) is 6.61 Å². The third-order valence-electron chi connectivity index (χ3n) is 1.65. The van der Waals surface area contributed by atoms with E-state index >= 15 is 0 Å². The van der Waals surface area contributed by atoms with Gasteiger partial charge in [0, 0.05) is 25.9 Å². The van der Waals surface area contributed by atoms with Gasteiger partial charge in [0.15, 0.2) is 5.16 Å². The third kappa shape index (κ3) is 8.99. The summed E-state index contributed by atoms with van der Waals surface area (Å²) in [7, 11) is 1.92. The van der Waals surface area contributed by atoms with Crippen LogP contribution in [-0.2, 0) is 16.6 Å². The molecule has 0 aliphatic heterocycles. The van der Waals surface area contributed by atoms with E-state index in [1.807, 2.05) is 11.6 Å². The third-order valence-corrected chi connectivity index (χ3v) is 2.69. The Morgan fingerprint density at radius 3 is 2.42 bits per heavy atom. The molecule has 0 bridgehead atoms. The van der Waals surface area contributed by atoms with E-state index in [0.29, 0.717) is 6.54 Å². The molecule has 0 unspecified atom stereocenters. The molecule has 1 aromatic rings. The number of aliphatic hydroxyl groups excluding tert-OH is 1. The second-order valence-corrected chi connectivity index (χ2v) is 4.22. The number of hydrogen-bond donors (Lipinski definition) is 4. The van der Waals surface area contributed by atoms with E-state index in [0.717, 1.165) is 17.5 Å². The molecule has 1 aromatic heterocycles. The summed E-state index contributed by atoms with van der Waals surface area (Å²) in [6.07, 6.45) is 1.68. The molecular formula is C9H16N4O5S. The first-order valence-electron chi connectivity index (χ1n) is 5.23. The molecule has 108 valence electrons. The second kappa shape index (κ2) is 10.3. The van der Waals surface area contributed by atoms with Gasteiger partial charge in [0.2, 0.25) is 0 Å². The van der Waals surface area contributed by atoms with E-state index < -0.39 is 11.9 Å². The van der Waals surface area contributed by atoms with Crippen LogP contribution in [0.4, 0.5) is 0 Å². The number of aliphatic hydroxyl groups is 1. The normalized spacial score (nSPS) is 9.58. The summed E-state index contributed by atoms with van der Waals surface area (Å²) in [5.41, 5.74) is 0. The van der Waals surface area contributed by atoms with Gasteiger partial charge in [-0.1, -0.05) is 11.8 Å². The molecule has 1 rings (SSSR count). The van der Waals surface area contributed by atoms with Crippen LogP contribution in [0.3, 0.4) is 0 Å². The number of aryl methyl sites for hydroxylation is 1. The number of nitrogens with zero attached hydrogens (tertiary/aromatic N) is 3. The predicted octanol–water partition coefficient (Wildman–Crippen LogP) is -1.36. The van der Waals surface area contributed by atoms with Crippen molar-refractivity contribution in [2.24, 2.45) is 7.05 Å². The smallest absolute Gasteiger partial charge is 0.414 e. The molecule has 10 heteroatoms. The summed E-state index contributed by atoms with van der Waals surface area (Å²) in [5, 5.41) is 35.0. The van der Waals surface area contributed by atoms with Crippen molar-refractivity contribution in [2.75, 3.05) is 25.4 Å². The zero-order chi connectivity index (χ0) is 14.7. The van der Waals surface area contributed by atoms with Crippen LogP contribution in [-0.4, -0.2) is 67.5 Å². The van der Waals surface area contributed by atoms with Crippen LogP contribution in [0.1, 0.15) is 0 Å². The first-order valence-corrected chi connectivity index (χ1v) is 6.22. The maximum atomic E-state index is 9.10. The lowest BCUT2D eigenvalue weighted by atomic mass is 10.6. The summed E-state index contributed by atoms with van der Waals surface area (Å²) in [6.45, 7) is 1.71. The Bertz CT molecular complexity index is 386. The summed E-state index contributed by atoms with van der Waals surface area (Å²) in [6, 6.07) is 0. The van der Waals surface area contributed by atoms with Crippen LogP contribution in [0.15, 0.2) is 11.5 Å². The number of aromatic nitrogens is 3. The summed E-state index contributed by atoms with van der Waals surface area (Å²) in [5.74, 6) is -2.71. The topological polar surface area (TPSA) is 138 Å². The maximum Gasteiger partial charge on any atom is 0.414 e. The Balaban J connectivity index is 0.000000459. The standard InChI is InChI=1S/C7H14N4OS.C2H2O4/c1-11-6-9-10-7(11)13-5-3-8-2-4-12;3-1(4)2(5)6/h6,8,12H,2-5H2,1H3;(H,3,4)(H,5,6). The minimum absolute atomic E-state index is 0.189. The fraction of sp³-hybridized carbons (Fsp3) is 0.556. The van der Waals surface area contributed by atoms with Gasteiger partial charge in [-0.2, -0.15) is 0 Å². The fourth-order valence-corrected chi connectivity index (χ4v) is 1.61. The Morgan fingerprint density at radius 2 is 2.00 bits per heavy atom. The Kier molecular flexibility index (Phi) is 9.40. The lowest BCUT2D eigenvalue weighted by molar-refractivity contribution is -0.159. The highest BCUT2D eigenvalue weighted by atomic mass is 32.2. The van der Waals surface area contributed by atoms with Gasteiger partial charge in [-0.15, -0.1) is 10.2 Å². The highest BCUT2D eigenvalue weighted by molar-refractivity contribution is 7.99. The molecule has 0 aliphatic rings. The van der Waals surface area contributed by atoms with Crippen LogP contribution < -0.4 is 5.32 Å². The van der Waals surface area contributed by atoms with Gasteiger partial charge in [-0.25, -0.2) is 9.59 Å². The van der Waals surface area contributed by atoms with Gasteiger partial charge >= 0.3 is 11.9 Å². The van der Waals surface area contributed by atoms with Gasteiger partial charge in [0.1, 0.15) is 6.33 Å². The van der Waals surface area contributed by atoms with E-state index in [1.54, 1.807) is 18.1 Å². The van der Waals surface area contributed by atoms with Crippen LogP contribution >= 0.6 is 11.8 Å². The van der Waals surface area contributed by atoms with E-state index in [9.17, 15) is 0 Å². The van der Waals surface area contributed by atoms with E-state index in [2.05, 4.69) is 15.5 Å². The molecule has 4 N–H and O–H groups in total. The molecule has 0 saturated heterocycles. The number of carboxylic acid groups (broad SMARTS) is 2. The predicted molar refractivity (Wildman–Crippen MR) is 67.0 cm³/mol. The fourth-order valence-electron chi connectivity index (χ4n) is 0.822. The second-order valence-electron chi connectivity index (χ2n) is 3.16. The Morgan fingerprint density at radius 1 is 1.37 bits per heavy atom. The van der Waals surface area contributed by atoms with Crippen LogP contribution in [0.5, 0.6) is 0 Å². The zero-order valence-corrected chi connectivity index (χ0v) is 11.1. The van der Waals surface area contributed by atoms with Crippen molar-refractivity contribution in [3.05, 3.63) is 6.33 Å². The average molecular weight is 292 g/mol. The number of thioether (sulfide) groups is 1. The van der Waals surface area contributed by atoms with E-state index in [1.165, 1.54) is 0 Å². The largest absolute Gasteiger partial charge is 0.473 e. The number of aliphatic carboxylic acids is 2. The number of nitrogens with one attached hydrogen (secondary N) is 1. The van der Waals surface area contributed by atoms with Crippen molar-refractivity contribution in [1.29, 1.82) is 0 Å². The first-order chi connectivity index (χ1) is 8.99. The lowest BCUT2D eigenvalue weighted by Gasteiger charge is -2.01. The quantitative estimate of drug-likeness (QED) is 0.284. The SMILES string of the molecule is Cn1cnnc1SCCNCCO.O=C(O)C(=O)O. The van der Waals surface area contributed by atoms with Crippen LogP contribution in [0, 0.1) is 0 Å². The molecule has 0 amide bonds. The number of hydrogen-bond acceptors (Lipinski definition) is 7. The monoisotopic (exact) mass is 292 g/mol. The molecule has 0 radical (unpaired) electrons. The number of rotatable bonds is 6. The molecule has 19 heavy (non-hydrogen) atoms. The van der Waals surface area contributed by atoms with Crippen molar-refractivity contribution in [3.63, 3.8) is 0 Å². The molecule has 0 fully saturated rings. The Labute approximate surface area is 113 Å². The summed E-state index contributed by atoms with van der Waals surface area (Å²) in [4.78, 5) is 18.2. The first kappa shape index (κ1) is 17.4. The van der Waals surface area contributed by atoms with E-state index in [-0.39, 0.29) is 6.61 Å². The van der Waals surface area contributed by atoms with Gasteiger partial charge < -0.3 is 25.2 Å². The highest BCUT2D eigenvalue weighted by Crippen LogP contribution is 2.11. The lowest BCUT2D eigenvalue weighted by Crippen LogP contribution is -2.20. The molecule has 0 aliphatic carbocycles. The van der Waals surface area contributed by atoms with Crippen molar-refractivity contribution < 1.29 is 24.9 Å². The van der Waals surface area contributed by atoms with Crippen molar-refractivity contribution in [3.8, 4) is 0 Å². The molecule has 0 saturated carbocycles. The van der Waals surface area contributed by atoms with E-state index in [4.69, 9.17) is 24.9 Å². The maximum absolute atomic E-state index is 9.10. The van der Waals surface area contributed by atoms with Crippen LogP contribution in [0.25, 0.3) is 0 Å². The minimum Gasteiger partial charge on any atom is -0.473 e. The molecule has 1 heterocycles. The van der Waals surface area contributed by atoms with Crippen molar-refractivity contribution >= 4 is 23.7 Å².